The molecule has 1 saturated heterocycles. The molecule has 3 rings (SSSR count). The predicted octanol–water partition coefficient (Wildman–Crippen LogP) is 2.37. The standard InChI is InChI=1S/C20H28N4O2/c1-15(2)17-4-6-18(7-5-17)24-16(3)14-19(22-24)20(25)21-8-9-23-10-12-26-13-11-23/h4-7,14-15H,8-13H2,1-3H3,(H,21,25). The van der Waals surface area contributed by atoms with Gasteiger partial charge < -0.3 is 10.1 Å². The van der Waals surface area contributed by atoms with Crippen LogP contribution in [0.1, 0.15) is 41.5 Å². The van der Waals surface area contributed by atoms with Crippen molar-refractivity contribution in [3.8, 4) is 5.69 Å². The van der Waals surface area contributed by atoms with Crippen LogP contribution in [0.4, 0.5) is 0 Å². The van der Waals surface area contributed by atoms with Crippen molar-refractivity contribution >= 4 is 5.91 Å². The zero-order valence-corrected chi connectivity index (χ0v) is 15.9. The number of ether oxygens (including phenoxy) is 1. The van der Waals surface area contributed by atoms with E-state index < -0.39 is 0 Å². The van der Waals surface area contributed by atoms with Gasteiger partial charge in [-0.05, 0) is 36.6 Å². The van der Waals surface area contributed by atoms with Crippen molar-refractivity contribution in [3.63, 3.8) is 0 Å². The van der Waals surface area contributed by atoms with E-state index in [2.05, 4.69) is 53.4 Å². The lowest BCUT2D eigenvalue weighted by Crippen LogP contribution is -2.41. The molecule has 0 aliphatic carbocycles. The van der Waals surface area contributed by atoms with Gasteiger partial charge in [-0.25, -0.2) is 4.68 Å². The van der Waals surface area contributed by atoms with Gasteiger partial charge in [0.25, 0.3) is 5.91 Å². The molecule has 1 N–H and O–H groups in total. The largest absolute Gasteiger partial charge is 0.379 e. The maximum absolute atomic E-state index is 12.4. The summed E-state index contributed by atoms with van der Waals surface area (Å²) < 4.78 is 7.15. The van der Waals surface area contributed by atoms with Crippen LogP contribution < -0.4 is 5.32 Å². The van der Waals surface area contributed by atoms with Gasteiger partial charge in [-0.15, -0.1) is 0 Å². The molecule has 0 saturated carbocycles. The Hall–Kier alpha value is -2.18. The molecule has 0 radical (unpaired) electrons. The van der Waals surface area contributed by atoms with Gasteiger partial charge in [0, 0.05) is 31.9 Å². The number of rotatable bonds is 6. The number of benzene rings is 1. The smallest absolute Gasteiger partial charge is 0.271 e. The minimum atomic E-state index is -0.126. The van der Waals surface area contributed by atoms with Crippen LogP contribution in [0.15, 0.2) is 30.3 Å². The molecule has 2 aromatic rings. The fourth-order valence-corrected chi connectivity index (χ4v) is 3.09. The third-order valence-electron chi connectivity index (χ3n) is 4.74. The summed E-state index contributed by atoms with van der Waals surface area (Å²) in [5.41, 5.74) is 3.66. The first-order chi connectivity index (χ1) is 12.5. The molecule has 1 fully saturated rings. The predicted molar refractivity (Wildman–Crippen MR) is 102 cm³/mol. The molecule has 0 spiro atoms. The molecule has 1 amide bonds. The highest BCUT2D eigenvalue weighted by Crippen LogP contribution is 2.18. The highest BCUT2D eigenvalue weighted by Gasteiger charge is 2.14. The fourth-order valence-electron chi connectivity index (χ4n) is 3.09. The molecule has 1 aliphatic rings. The van der Waals surface area contributed by atoms with Gasteiger partial charge in [-0.1, -0.05) is 26.0 Å². The van der Waals surface area contributed by atoms with E-state index in [1.54, 1.807) is 0 Å². The molecule has 2 heterocycles. The van der Waals surface area contributed by atoms with E-state index >= 15 is 0 Å². The van der Waals surface area contributed by atoms with Crippen LogP contribution in [0.3, 0.4) is 0 Å². The van der Waals surface area contributed by atoms with Gasteiger partial charge in [0.1, 0.15) is 0 Å². The quantitative estimate of drug-likeness (QED) is 0.863. The van der Waals surface area contributed by atoms with Crippen LogP contribution in [0.2, 0.25) is 0 Å². The van der Waals surface area contributed by atoms with Crippen LogP contribution >= 0.6 is 0 Å². The highest BCUT2D eigenvalue weighted by molar-refractivity contribution is 5.92. The first kappa shape index (κ1) is 18.6. The summed E-state index contributed by atoms with van der Waals surface area (Å²) in [7, 11) is 0. The van der Waals surface area contributed by atoms with Gasteiger partial charge in [0.15, 0.2) is 5.69 Å². The summed E-state index contributed by atoms with van der Waals surface area (Å²) in [6.45, 7) is 11.2. The van der Waals surface area contributed by atoms with Gasteiger partial charge in [0.2, 0.25) is 0 Å². The summed E-state index contributed by atoms with van der Waals surface area (Å²) in [5, 5.41) is 7.46. The number of aromatic nitrogens is 2. The zero-order valence-electron chi connectivity index (χ0n) is 15.9. The molecule has 1 aromatic carbocycles. The van der Waals surface area contributed by atoms with E-state index in [1.165, 1.54) is 5.56 Å². The monoisotopic (exact) mass is 356 g/mol. The molecule has 26 heavy (non-hydrogen) atoms. The van der Waals surface area contributed by atoms with Crippen LogP contribution in [0.25, 0.3) is 5.69 Å². The number of hydrogen-bond acceptors (Lipinski definition) is 4. The summed E-state index contributed by atoms with van der Waals surface area (Å²) in [5.74, 6) is 0.370. The molecular weight excluding hydrogens is 328 g/mol. The number of morpholine rings is 1. The minimum absolute atomic E-state index is 0.126. The average Bonchev–Trinajstić information content (AvgIpc) is 3.04. The van der Waals surface area contributed by atoms with E-state index in [0.717, 1.165) is 44.2 Å². The van der Waals surface area contributed by atoms with Crippen molar-refractivity contribution < 1.29 is 9.53 Å². The highest BCUT2D eigenvalue weighted by atomic mass is 16.5. The third kappa shape index (κ3) is 4.51. The summed E-state index contributed by atoms with van der Waals surface area (Å²) in [6, 6.07) is 10.2. The second-order valence-electron chi connectivity index (χ2n) is 7.04. The van der Waals surface area contributed by atoms with Crippen molar-refractivity contribution in [3.05, 3.63) is 47.3 Å². The van der Waals surface area contributed by atoms with E-state index in [1.807, 2.05) is 17.7 Å². The number of carbonyl (C=O) groups excluding carboxylic acids is 1. The third-order valence-corrected chi connectivity index (χ3v) is 4.74. The Morgan fingerprint density at radius 3 is 2.58 bits per heavy atom. The van der Waals surface area contributed by atoms with Crippen molar-refractivity contribution in [2.45, 2.75) is 26.7 Å². The Kier molecular flexibility index (Phi) is 6.06. The minimum Gasteiger partial charge on any atom is -0.379 e. The number of amides is 1. The first-order valence-electron chi connectivity index (χ1n) is 9.30. The van der Waals surface area contributed by atoms with Crippen molar-refractivity contribution in [1.82, 2.24) is 20.0 Å². The summed E-state index contributed by atoms with van der Waals surface area (Å²) in [4.78, 5) is 14.7. The molecular formula is C20H28N4O2. The van der Waals surface area contributed by atoms with Crippen molar-refractivity contribution in [2.24, 2.45) is 0 Å². The van der Waals surface area contributed by atoms with Gasteiger partial charge in [0.05, 0.1) is 18.9 Å². The Bertz CT molecular complexity index is 731. The molecule has 6 nitrogen and oxygen atoms in total. The van der Waals surface area contributed by atoms with E-state index in [9.17, 15) is 4.79 Å². The van der Waals surface area contributed by atoms with Crippen LogP contribution in [-0.2, 0) is 4.74 Å². The van der Waals surface area contributed by atoms with Crippen LogP contribution in [-0.4, -0.2) is 60.0 Å². The molecule has 1 aromatic heterocycles. The Morgan fingerprint density at radius 1 is 1.23 bits per heavy atom. The lowest BCUT2D eigenvalue weighted by Gasteiger charge is -2.26. The van der Waals surface area contributed by atoms with E-state index in [0.29, 0.717) is 18.2 Å². The van der Waals surface area contributed by atoms with Crippen LogP contribution in [0, 0.1) is 6.92 Å². The topological polar surface area (TPSA) is 59.4 Å². The molecule has 0 atom stereocenters. The Morgan fingerprint density at radius 2 is 1.92 bits per heavy atom. The number of aryl methyl sites for hydroxylation is 1. The lowest BCUT2D eigenvalue weighted by molar-refractivity contribution is 0.0383. The second-order valence-corrected chi connectivity index (χ2v) is 7.04. The van der Waals surface area contributed by atoms with Crippen LogP contribution in [0.5, 0.6) is 0 Å². The molecule has 0 bridgehead atoms. The number of nitrogens with zero attached hydrogens (tertiary/aromatic N) is 3. The number of hydrogen-bond donors (Lipinski definition) is 1. The number of carbonyl (C=O) groups is 1. The van der Waals surface area contributed by atoms with E-state index in [4.69, 9.17) is 4.74 Å². The molecule has 140 valence electrons. The molecule has 6 heteroatoms. The van der Waals surface area contributed by atoms with Gasteiger partial charge in [-0.2, -0.15) is 5.10 Å². The Balaban J connectivity index is 1.60. The average molecular weight is 356 g/mol. The second kappa shape index (κ2) is 8.47. The van der Waals surface area contributed by atoms with E-state index in [-0.39, 0.29) is 5.91 Å². The Labute approximate surface area is 155 Å². The zero-order chi connectivity index (χ0) is 18.5. The van der Waals surface area contributed by atoms with Gasteiger partial charge >= 0.3 is 0 Å². The summed E-state index contributed by atoms with van der Waals surface area (Å²) in [6.07, 6.45) is 0. The summed E-state index contributed by atoms with van der Waals surface area (Å²) >= 11 is 0. The molecule has 1 aliphatic heterocycles. The van der Waals surface area contributed by atoms with Crippen molar-refractivity contribution in [2.75, 3.05) is 39.4 Å². The maximum Gasteiger partial charge on any atom is 0.271 e. The van der Waals surface area contributed by atoms with Crippen molar-refractivity contribution in [1.29, 1.82) is 0 Å². The maximum atomic E-state index is 12.4. The van der Waals surface area contributed by atoms with Gasteiger partial charge in [-0.3, -0.25) is 9.69 Å². The number of nitrogens with one attached hydrogen (secondary N) is 1. The fraction of sp³-hybridized carbons (Fsp3) is 0.500. The normalized spacial score (nSPS) is 15.4. The SMILES string of the molecule is Cc1cc(C(=O)NCCN2CCOCC2)nn1-c1ccc(C(C)C)cc1. The first-order valence-corrected chi connectivity index (χ1v) is 9.30. The molecule has 0 unspecified atom stereocenters. The lowest BCUT2D eigenvalue weighted by atomic mass is 10.0.